The fourth-order valence-electron chi connectivity index (χ4n) is 2.33. The number of ether oxygens (including phenoxy) is 2. The minimum absolute atomic E-state index is 0.506. The Labute approximate surface area is 95.3 Å². The normalized spacial score (nSPS) is 32.5. The fraction of sp³-hybridized carbons (Fsp3) is 0.909. The lowest BCUT2D eigenvalue weighted by Crippen LogP contribution is -2.48. The molecule has 0 bridgehead atoms. The Bertz CT molecular complexity index is 240. The van der Waals surface area contributed by atoms with Crippen LogP contribution in [0.2, 0.25) is 0 Å². The standard InChI is InChI=1S/C11H19NO4/c13-11(14)10-7-12(3-5-16-10)6-9-2-1-4-15-8-9/h9-10H,1-8H2,(H,13,14). The van der Waals surface area contributed by atoms with Gasteiger partial charge in [-0.25, -0.2) is 4.79 Å². The average molecular weight is 229 g/mol. The first kappa shape index (κ1) is 11.8. The second-order valence-corrected chi connectivity index (χ2v) is 4.54. The molecule has 2 fully saturated rings. The highest BCUT2D eigenvalue weighted by Gasteiger charge is 2.28. The smallest absolute Gasteiger partial charge is 0.334 e. The fourth-order valence-corrected chi connectivity index (χ4v) is 2.33. The van der Waals surface area contributed by atoms with E-state index in [-0.39, 0.29) is 0 Å². The van der Waals surface area contributed by atoms with Crippen molar-refractivity contribution in [3.63, 3.8) is 0 Å². The van der Waals surface area contributed by atoms with Gasteiger partial charge in [-0.05, 0) is 18.8 Å². The zero-order valence-corrected chi connectivity index (χ0v) is 9.43. The number of carboxylic acids is 1. The zero-order chi connectivity index (χ0) is 11.4. The molecule has 0 radical (unpaired) electrons. The Morgan fingerprint density at radius 3 is 3.00 bits per heavy atom. The lowest BCUT2D eigenvalue weighted by atomic mass is 10.0. The minimum Gasteiger partial charge on any atom is -0.479 e. The monoisotopic (exact) mass is 229 g/mol. The van der Waals surface area contributed by atoms with Gasteiger partial charge in [0.2, 0.25) is 0 Å². The number of aliphatic carboxylic acids is 1. The van der Waals surface area contributed by atoms with Crippen molar-refractivity contribution in [2.45, 2.75) is 18.9 Å². The Kier molecular flexibility index (Phi) is 4.15. The molecule has 2 aliphatic rings. The minimum atomic E-state index is -0.857. The van der Waals surface area contributed by atoms with Crippen LogP contribution in [-0.2, 0) is 14.3 Å². The van der Waals surface area contributed by atoms with E-state index in [2.05, 4.69) is 4.90 Å². The molecule has 0 aromatic carbocycles. The molecule has 0 amide bonds. The predicted octanol–water partition coefficient (Wildman–Crippen LogP) is 0.198. The molecule has 16 heavy (non-hydrogen) atoms. The van der Waals surface area contributed by atoms with Gasteiger partial charge in [0, 0.05) is 26.2 Å². The highest BCUT2D eigenvalue weighted by Crippen LogP contribution is 2.16. The van der Waals surface area contributed by atoms with Crippen molar-refractivity contribution in [3.05, 3.63) is 0 Å². The summed E-state index contributed by atoms with van der Waals surface area (Å²) in [4.78, 5) is 13.0. The summed E-state index contributed by atoms with van der Waals surface area (Å²) in [5.41, 5.74) is 0. The molecule has 0 spiro atoms. The van der Waals surface area contributed by atoms with Crippen LogP contribution >= 0.6 is 0 Å². The second kappa shape index (κ2) is 5.61. The highest BCUT2D eigenvalue weighted by atomic mass is 16.5. The summed E-state index contributed by atoms with van der Waals surface area (Å²) in [6, 6.07) is 0. The third-order valence-corrected chi connectivity index (χ3v) is 3.20. The lowest BCUT2D eigenvalue weighted by Gasteiger charge is -2.34. The number of carboxylic acid groups (broad SMARTS) is 1. The van der Waals surface area contributed by atoms with Crippen molar-refractivity contribution in [1.29, 1.82) is 0 Å². The maximum absolute atomic E-state index is 10.8. The van der Waals surface area contributed by atoms with E-state index >= 15 is 0 Å². The van der Waals surface area contributed by atoms with Crippen molar-refractivity contribution < 1.29 is 19.4 Å². The van der Waals surface area contributed by atoms with Crippen LogP contribution < -0.4 is 0 Å². The van der Waals surface area contributed by atoms with Gasteiger partial charge in [0.1, 0.15) is 0 Å². The second-order valence-electron chi connectivity index (χ2n) is 4.54. The third kappa shape index (κ3) is 3.17. The van der Waals surface area contributed by atoms with Crippen LogP contribution in [0.5, 0.6) is 0 Å². The first-order valence-electron chi connectivity index (χ1n) is 5.90. The number of nitrogens with zero attached hydrogens (tertiary/aromatic N) is 1. The molecule has 1 N–H and O–H groups in total. The van der Waals surface area contributed by atoms with Crippen LogP contribution in [0.1, 0.15) is 12.8 Å². The summed E-state index contributed by atoms with van der Waals surface area (Å²) in [6.07, 6.45) is 1.66. The third-order valence-electron chi connectivity index (χ3n) is 3.20. The Hall–Kier alpha value is -0.650. The molecule has 2 aliphatic heterocycles. The van der Waals surface area contributed by atoms with Crippen molar-refractivity contribution in [2.24, 2.45) is 5.92 Å². The van der Waals surface area contributed by atoms with E-state index in [1.807, 2.05) is 0 Å². The van der Waals surface area contributed by atoms with E-state index in [1.165, 1.54) is 6.42 Å². The van der Waals surface area contributed by atoms with E-state index in [9.17, 15) is 4.79 Å². The van der Waals surface area contributed by atoms with Crippen molar-refractivity contribution in [2.75, 3.05) is 39.5 Å². The van der Waals surface area contributed by atoms with Crippen LogP contribution in [0.15, 0.2) is 0 Å². The molecule has 0 aromatic heterocycles. The van der Waals surface area contributed by atoms with Crippen LogP contribution in [0.4, 0.5) is 0 Å². The summed E-state index contributed by atoms with van der Waals surface area (Å²) < 4.78 is 10.6. The van der Waals surface area contributed by atoms with E-state index in [0.717, 1.165) is 32.7 Å². The summed E-state index contributed by atoms with van der Waals surface area (Å²) >= 11 is 0. The molecule has 2 heterocycles. The maximum atomic E-state index is 10.8. The maximum Gasteiger partial charge on any atom is 0.334 e. The molecule has 5 nitrogen and oxygen atoms in total. The summed E-state index contributed by atoms with van der Waals surface area (Å²) in [7, 11) is 0. The largest absolute Gasteiger partial charge is 0.479 e. The SMILES string of the molecule is O=C(O)C1CN(CC2CCCOC2)CCO1. The molecule has 2 rings (SSSR count). The molecule has 2 atom stereocenters. The summed E-state index contributed by atoms with van der Waals surface area (Å²) in [5.74, 6) is -0.300. The van der Waals surface area contributed by atoms with E-state index in [1.54, 1.807) is 0 Å². The first-order chi connectivity index (χ1) is 7.75. The Balaban J connectivity index is 1.78. The number of morpholine rings is 1. The highest BCUT2D eigenvalue weighted by molar-refractivity contribution is 5.72. The summed E-state index contributed by atoms with van der Waals surface area (Å²) in [6.45, 7) is 4.48. The number of hydrogen-bond donors (Lipinski definition) is 1. The van der Waals surface area contributed by atoms with Crippen LogP contribution in [0.25, 0.3) is 0 Å². The molecular formula is C11H19NO4. The quantitative estimate of drug-likeness (QED) is 0.749. The van der Waals surface area contributed by atoms with Gasteiger partial charge < -0.3 is 14.6 Å². The molecule has 0 aliphatic carbocycles. The molecule has 92 valence electrons. The van der Waals surface area contributed by atoms with Crippen molar-refractivity contribution in [1.82, 2.24) is 4.90 Å². The van der Waals surface area contributed by atoms with Crippen LogP contribution in [0.3, 0.4) is 0 Å². The predicted molar refractivity (Wildman–Crippen MR) is 57.4 cm³/mol. The van der Waals surface area contributed by atoms with E-state index in [0.29, 0.717) is 19.1 Å². The Morgan fingerprint density at radius 1 is 1.44 bits per heavy atom. The first-order valence-corrected chi connectivity index (χ1v) is 5.90. The molecule has 2 saturated heterocycles. The van der Waals surface area contributed by atoms with Crippen LogP contribution in [-0.4, -0.2) is 61.5 Å². The molecule has 5 heteroatoms. The van der Waals surface area contributed by atoms with Gasteiger partial charge >= 0.3 is 5.97 Å². The van der Waals surface area contributed by atoms with Gasteiger partial charge in [0.25, 0.3) is 0 Å². The molecule has 0 saturated carbocycles. The number of rotatable bonds is 3. The lowest BCUT2D eigenvalue weighted by molar-refractivity contribution is -0.156. The molecule has 0 aromatic rings. The van der Waals surface area contributed by atoms with Gasteiger partial charge in [-0.1, -0.05) is 0 Å². The van der Waals surface area contributed by atoms with Crippen molar-refractivity contribution >= 4 is 5.97 Å². The zero-order valence-electron chi connectivity index (χ0n) is 9.43. The van der Waals surface area contributed by atoms with E-state index in [4.69, 9.17) is 14.6 Å². The van der Waals surface area contributed by atoms with Gasteiger partial charge in [-0.2, -0.15) is 0 Å². The average Bonchev–Trinajstić information content (AvgIpc) is 2.30. The van der Waals surface area contributed by atoms with Gasteiger partial charge in [0.15, 0.2) is 6.10 Å². The van der Waals surface area contributed by atoms with E-state index < -0.39 is 12.1 Å². The van der Waals surface area contributed by atoms with Gasteiger partial charge in [-0.15, -0.1) is 0 Å². The van der Waals surface area contributed by atoms with Crippen molar-refractivity contribution in [3.8, 4) is 0 Å². The van der Waals surface area contributed by atoms with Gasteiger partial charge in [-0.3, -0.25) is 4.90 Å². The Morgan fingerprint density at radius 2 is 2.31 bits per heavy atom. The molecular weight excluding hydrogens is 210 g/mol. The summed E-state index contributed by atoms with van der Waals surface area (Å²) in [5, 5.41) is 8.89. The molecule has 2 unspecified atom stereocenters. The van der Waals surface area contributed by atoms with Crippen LogP contribution in [0, 0.1) is 5.92 Å². The topological polar surface area (TPSA) is 59.0 Å². The number of hydrogen-bond acceptors (Lipinski definition) is 4. The number of carbonyl (C=O) groups is 1. The van der Waals surface area contributed by atoms with Gasteiger partial charge in [0.05, 0.1) is 13.2 Å².